The van der Waals surface area contributed by atoms with Crippen LogP contribution < -0.4 is 0 Å². The average Bonchev–Trinajstić information content (AvgIpc) is 3.07. The number of halogens is 1. The van der Waals surface area contributed by atoms with Gasteiger partial charge in [0.2, 0.25) is 5.82 Å². The number of benzene rings is 1. The molecule has 0 amide bonds. The van der Waals surface area contributed by atoms with Crippen LogP contribution in [0, 0.1) is 6.92 Å². The van der Waals surface area contributed by atoms with Crippen molar-refractivity contribution in [3.63, 3.8) is 0 Å². The minimum absolute atomic E-state index is 0.126. The largest absolute Gasteiger partial charge is 0.334 e. The van der Waals surface area contributed by atoms with Gasteiger partial charge in [-0.05, 0) is 41.0 Å². The van der Waals surface area contributed by atoms with Crippen molar-refractivity contribution in [2.45, 2.75) is 33.1 Å². The molecule has 2 heterocycles. The third-order valence-electron chi connectivity index (χ3n) is 3.53. The van der Waals surface area contributed by atoms with Crippen molar-refractivity contribution in [3.8, 4) is 22.2 Å². The fraction of sp³-hybridized carbons (Fsp3) is 0.294. The molecular weight excluding hydrogens is 316 g/mol. The van der Waals surface area contributed by atoms with Crippen LogP contribution in [0.2, 0.25) is 5.02 Å². The first kappa shape index (κ1) is 15.3. The van der Waals surface area contributed by atoms with E-state index in [-0.39, 0.29) is 5.41 Å². The zero-order chi connectivity index (χ0) is 15.9. The van der Waals surface area contributed by atoms with Crippen molar-refractivity contribution in [2.24, 2.45) is 0 Å². The monoisotopic (exact) mass is 332 g/mol. The summed E-state index contributed by atoms with van der Waals surface area (Å²) in [6, 6.07) is 8.22. The summed E-state index contributed by atoms with van der Waals surface area (Å²) in [5.41, 5.74) is 3.34. The van der Waals surface area contributed by atoms with E-state index in [1.54, 1.807) is 0 Å². The fourth-order valence-electron chi connectivity index (χ4n) is 2.13. The number of aryl methyl sites for hydroxylation is 1. The van der Waals surface area contributed by atoms with Crippen LogP contribution in [0.5, 0.6) is 0 Å². The van der Waals surface area contributed by atoms with Crippen molar-refractivity contribution < 1.29 is 4.52 Å². The molecule has 3 rings (SSSR count). The topological polar surface area (TPSA) is 38.9 Å². The highest BCUT2D eigenvalue weighted by molar-refractivity contribution is 7.14. The van der Waals surface area contributed by atoms with Crippen LogP contribution in [-0.2, 0) is 5.41 Å². The van der Waals surface area contributed by atoms with Crippen molar-refractivity contribution in [3.05, 3.63) is 45.8 Å². The van der Waals surface area contributed by atoms with Gasteiger partial charge in [0.05, 0.1) is 9.90 Å². The standard InChI is InChI=1S/C17H17ClN2OS/c1-10-9-22-14(13(10)18)15-19-16(21-20-15)11-5-7-12(8-6-11)17(2,3)4/h5-9H,1-4H3. The van der Waals surface area contributed by atoms with Crippen LogP contribution in [-0.4, -0.2) is 10.1 Å². The van der Waals surface area contributed by atoms with E-state index in [1.807, 2.05) is 24.4 Å². The summed E-state index contributed by atoms with van der Waals surface area (Å²) in [4.78, 5) is 5.31. The molecule has 0 fully saturated rings. The Labute approximate surface area is 138 Å². The van der Waals surface area contributed by atoms with Crippen molar-refractivity contribution in [2.75, 3.05) is 0 Å². The maximum Gasteiger partial charge on any atom is 0.258 e. The Morgan fingerprint density at radius 1 is 1.14 bits per heavy atom. The predicted octanol–water partition coefficient (Wildman–Crippen LogP) is 5.72. The Morgan fingerprint density at radius 3 is 2.36 bits per heavy atom. The molecular formula is C17H17ClN2OS. The fourth-order valence-corrected chi connectivity index (χ4v) is 3.33. The zero-order valence-corrected chi connectivity index (χ0v) is 14.5. The minimum atomic E-state index is 0.126. The maximum absolute atomic E-state index is 6.26. The third-order valence-corrected chi connectivity index (χ3v) is 5.22. The van der Waals surface area contributed by atoms with Gasteiger partial charge in [0, 0.05) is 5.56 Å². The lowest BCUT2D eigenvalue weighted by Gasteiger charge is -2.18. The van der Waals surface area contributed by atoms with Crippen LogP contribution in [0.15, 0.2) is 34.2 Å². The molecule has 114 valence electrons. The average molecular weight is 333 g/mol. The summed E-state index contributed by atoms with van der Waals surface area (Å²) in [6.45, 7) is 8.53. The molecule has 22 heavy (non-hydrogen) atoms. The molecule has 0 N–H and O–H groups in total. The number of rotatable bonds is 2. The van der Waals surface area contributed by atoms with Gasteiger partial charge in [-0.15, -0.1) is 11.3 Å². The Morgan fingerprint density at radius 2 is 1.82 bits per heavy atom. The SMILES string of the molecule is Cc1csc(-c2noc(-c3ccc(C(C)(C)C)cc3)n2)c1Cl. The normalized spacial score (nSPS) is 11.9. The predicted molar refractivity (Wildman–Crippen MR) is 91.5 cm³/mol. The van der Waals surface area contributed by atoms with E-state index in [0.717, 1.165) is 16.0 Å². The van der Waals surface area contributed by atoms with E-state index in [4.69, 9.17) is 16.1 Å². The molecule has 0 aliphatic rings. The molecule has 1 aromatic carbocycles. The summed E-state index contributed by atoms with van der Waals surface area (Å²) in [7, 11) is 0. The number of hydrogen-bond acceptors (Lipinski definition) is 4. The van der Waals surface area contributed by atoms with Crippen LogP contribution in [0.3, 0.4) is 0 Å². The Bertz CT molecular complexity index is 797. The van der Waals surface area contributed by atoms with Gasteiger partial charge in [-0.25, -0.2) is 0 Å². The number of nitrogens with zero attached hydrogens (tertiary/aromatic N) is 2. The number of aromatic nitrogens is 2. The summed E-state index contributed by atoms with van der Waals surface area (Å²) < 4.78 is 5.38. The first-order chi connectivity index (χ1) is 10.4. The van der Waals surface area contributed by atoms with Crippen molar-refractivity contribution in [1.29, 1.82) is 0 Å². The second-order valence-corrected chi connectivity index (χ2v) is 7.57. The van der Waals surface area contributed by atoms with E-state index < -0.39 is 0 Å². The molecule has 5 heteroatoms. The molecule has 3 nitrogen and oxygen atoms in total. The molecule has 0 aliphatic heterocycles. The molecule has 0 radical (unpaired) electrons. The molecule has 2 aromatic heterocycles. The molecule has 0 unspecified atom stereocenters. The quantitative estimate of drug-likeness (QED) is 0.602. The van der Waals surface area contributed by atoms with Gasteiger partial charge in [-0.2, -0.15) is 4.98 Å². The molecule has 0 aliphatic carbocycles. The van der Waals surface area contributed by atoms with E-state index in [1.165, 1.54) is 16.9 Å². The van der Waals surface area contributed by atoms with E-state index in [0.29, 0.717) is 16.7 Å². The number of hydrogen-bond donors (Lipinski definition) is 0. The van der Waals surface area contributed by atoms with Gasteiger partial charge in [-0.1, -0.05) is 49.7 Å². The van der Waals surface area contributed by atoms with Gasteiger partial charge in [0.1, 0.15) is 0 Å². The van der Waals surface area contributed by atoms with E-state index >= 15 is 0 Å². The van der Waals surface area contributed by atoms with Gasteiger partial charge in [-0.3, -0.25) is 0 Å². The maximum atomic E-state index is 6.26. The Balaban J connectivity index is 1.92. The molecule has 0 saturated heterocycles. The smallest absolute Gasteiger partial charge is 0.258 e. The summed E-state index contributed by atoms with van der Waals surface area (Å²) in [6.07, 6.45) is 0. The van der Waals surface area contributed by atoms with Gasteiger partial charge in [0.25, 0.3) is 5.89 Å². The summed E-state index contributed by atoms with van der Waals surface area (Å²) in [5, 5.41) is 6.73. The molecule has 0 bridgehead atoms. The lowest BCUT2D eigenvalue weighted by Crippen LogP contribution is -2.10. The molecule has 0 spiro atoms. The van der Waals surface area contributed by atoms with Gasteiger partial charge >= 0.3 is 0 Å². The second kappa shape index (κ2) is 5.52. The van der Waals surface area contributed by atoms with Gasteiger partial charge in [0.15, 0.2) is 0 Å². The molecule has 3 aromatic rings. The van der Waals surface area contributed by atoms with Crippen molar-refractivity contribution in [1.82, 2.24) is 10.1 Å². The summed E-state index contributed by atoms with van der Waals surface area (Å²) in [5.74, 6) is 1.05. The zero-order valence-electron chi connectivity index (χ0n) is 13.0. The lowest BCUT2D eigenvalue weighted by atomic mass is 9.87. The number of thiophene rings is 1. The second-order valence-electron chi connectivity index (χ2n) is 6.31. The third kappa shape index (κ3) is 2.81. The highest BCUT2D eigenvalue weighted by Crippen LogP contribution is 2.35. The minimum Gasteiger partial charge on any atom is -0.334 e. The van der Waals surface area contributed by atoms with Crippen LogP contribution in [0.1, 0.15) is 31.9 Å². The van der Waals surface area contributed by atoms with Gasteiger partial charge < -0.3 is 4.52 Å². The Kier molecular flexibility index (Phi) is 3.83. The molecule has 0 atom stereocenters. The first-order valence-corrected chi connectivity index (χ1v) is 8.30. The van der Waals surface area contributed by atoms with Crippen LogP contribution in [0.4, 0.5) is 0 Å². The van der Waals surface area contributed by atoms with E-state index in [9.17, 15) is 0 Å². The molecule has 0 saturated carbocycles. The highest BCUT2D eigenvalue weighted by atomic mass is 35.5. The summed E-state index contributed by atoms with van der Waals surface area (Å²) >= 11 is 7.78. The lowest BCUT2D eigenvalue weighted by molar-refractivity contribution is 0.432. The van der Waals surface area contributed by atoms with Crippen molar-refractivity contribution >= 4 is 22.9 Å². The van der Waals surface area contributed by atoms with Crippen LogP contribution >= 0.6 is 22.9 Å². The highest BCUT2D eigenvalue weighted by Gasteiger charge is 2.17. The Hall–Kier alpha value is -1.65. The van der Waals surface area contributed by atoms with Crippen LogP contribution in [0.25, 0.3) is 22.2 Å². The first-order valence-electron chi connectivity index (χ1n) is 7.05. The van der Waals surface area contributed by atoms with E-state index in [2.05, 4.69) is 43.0 Å².